The number of nitrogens with one attached hydrogen (secondary N) is 1. The first kappa shape index (κ1) is 16.1. The number of hydrogen-bond acceptors (Lipinski definition) is 2. The van der Waals surface area contributed by atoms with Gasteiger partial charge >= 0.3 is 0 Å². The topological polar surface area (TPSA) is 49.3 Å². The normalized spacial score (nSPS) is 13.2. The molecule has 0 aromatic heterocycles. The van der Waals surface area contributed by atoms with E-state index in [0.29, 0.717) is 10.9 Å². The van der Waals surface area contributed by atoms with Gasteiger partial charge in [-0.2, -0.15) is 0 Å². The van der Waals surface area contributed by atoms with Crippen LogP contribution in [0, 0.1) is 11.2 Å². The molecule has 1 unspecified atom stereocenters. The summed E-state index contributed by atoms with van der Waals surface area (Å²) in [6, 6.07) is 3.59. The van der Waals surface area contributed by atoms with Gasteiger partial charge in [-0.3, -0.25) is 4.79 Å². The van der Waals surface area contributed by atoms with E-state index < -0.39 is 11.7 Å². The van der Waals surface area contributed by atoms with Crippen molar-refractivity contribution in [1.29, 1.82) is 0 Å². The molecule has 106 valence electrons. The Balaban J connectivity index is 2.80. The summed E-state index contributed by atoms with van der Waals surface area (Å²) in [5.41, 5.74) is 0.215. The third-order valence-electron chi connectivity index (χ3n) is 2.59. The molecule has 1 aromatic carbocycles. The Labute approximate surface area is 121 Å². The van der Waals surface area contributed by atoms with Crippen molar-refractivity contribution in [2.45, 2.75) is 33.2 Å². The van der Waals surface area contributed by atoms with Gasteiger partial charge in [0, 0.05) is 4.47 Å². The Hall–Kier alpha value is -0.940. The summed E-state index contributed by atoms with van der Waals surface area (Å²) in [4.78, 5) is 12.1. The fraction of sp³-hybridized carbons (Fsp3) is 0.500. The van der Waals surface area contributed by atoms with Crippen molar-refractivity contribution in [3.05, 3.63) is 34.1 Å². The third-order valence-corrected chi connectivity index (χ3v) is 3.28. The van der Waals surface area contributed by atoms with E-state index in [9.17, 15) is 14.3 Å². The predicted molar refractivity (Wildman–Crippen MR) is 76.5 cm³/mol. The quantitative estimate of drug-likeness (QED) is 0.890. The smallest absolute Gasteiger partial charge is 0.252 e. The van der Waals surface area contributed by atoms with Crippen LogP contribution in [0.3, 0.4) is 0 Å². The van der Waals surface area contributed by atoms with Crippen molar-refractivity contribution in [3.63, 3.8) is 0 Å². The van der Waals surface area contributed by atoms with Crippen molar-refractivity contribution < 1.29 is 14.3 Å². The first-order valence-electron chi connectivity index (χ1n) is 6.10. The Bertz CT molecular complexity index is 457. The number of aliphatic hydroxyl groups is 1. The van der Waals surface area contributed by atoms with Gasteiger partial charge in [0.25, 0.3) is 5.91 Å². The molecule has 0 saturated heterocycles. The minimum Gasteiger partial charge on any atom is -0.394 e. The Morgan fingerprint density at radius 3 is 2.63 bits per heavy atom. The van der Waals surface area contributed by atoms with Gasteiger partial charge in [-0.15, -0.1) is 0 Å². The highest BCUT2D eigenvalue weighted by molar-refractivity contribution is 9.10. The van der Waals surface area contributed by atoms with Crippen LogP contribution in [-0.2, 0) is 0 Å². The maximum atomic E-state index is 13.1. The van der Waals surface area contributed by atoms with E-state index in [1.54, 1.807) is 0 Å². The summed E-state index contributed by atoms with van der Waals surface area (Å²) in [7, 11) is 0. The van der Waals surface area contributed by atoms with Gasteiger partial charge < -0.3 is 10.4 Å². The number of halogens is 2. The van der Waals surface area contributed by atoms with Gasteiger partial charge in [-0.1, -0.05) is 20.8 Å². The van der Waals surface area contributed by atoms with Crippen LogP contribution in [0.2, 0.25) is 0 Å². The van der Waals surface area contributed by atoms with Crippen LogP contribution < -0.4 is 5.32 Å². The molecule has 5 heteroatoms. The molecule has 0 aliphatic heterocycles. The average molecular weight is 332 g/mol. The number of aliphatic hydroxyl groups excluding tert-OH is 1. The number of carbonyl (C=O) groups excluding carboxylic acids is 1. The second-order valence-corrected chi connectivity index (χ2v) is 6.60. The molecule has 0 aliphatic rings. The van der Waals surface area contributed by atoms with E-state index in [-0.39, 0.29) is 23.6 Å². The van der Waals surface area contributed by atoms with Crippen LogP contribution in [0.25, 0.3) is 0 Å². The summed E-state index contributed by atoms with van der Waals surface area (Å²) in [6.45, 7) is 5.94. The second kappa shape index (κ2) is 6.48. The van der Waals surface area contributed by atoms with Gasteiger partial charge in [0.1, 0.15) is 5.82 Å². The van der Waals surface area contributed by atoms with E-state index in [1.165, 1.54) is 18.2 Å². The highest BCUT2D eigenvalue weighted by Crippen LogP contribution is 2.22. The number of benzene rings is 1. The predicted octanol–water partition coefficient (Wildman–Crippen LogP) is 3.12. The van der Waals surface area contributed by atoms with E-state index in [1.807, 2.05) is 20.8 Å². The largest absolute Gasteiger partial charge is 0.394 e. The first-order chi connectivity index (χ1) is 8.73. The fourth-order valence-corrected chi connectivity index (χ4v) is 2.26. The molecule has 0 radical (unpaired) electrons. The van der Waals surface area contributed by atoms with Crippen molar-refractivity contribution in [2.24, 2.45) is 5.41 Å². The van der Waals surface area contributed by atoms with Gasteiger partial charge in [-0.25, -0.2) is 4.39 Å². The molecule has 1 amide bonds. The molecule has 1 atom stereocenters. The summed E-state index contributed by atoms with van der Waals surface area (Å²) >= 11 is 3.21. The summed E-state index contributed by atoms with van der Waals surface area (Å²) < 4.78 is 13.7. The zero-order valence-corrected chi connectivity index (χ0v) is 12.9. The molecule has 3 nitrogen and oxygen atoms in total. The lowest BCUT2D eigenvalue weighted by Crippen LogP contribution is -2.40. The Morgan fingerprint density at radius 2 is 2.11 bits per heavy atom. The van der Waals surface area contributed by atoms with E-state index in [2.05, 4.69) is 21.2 Å². The number of amides is 1. The molecule has 0 fully saturated rings. The van der Waals surface area contributed by atoms with Crippen LogP contribution in [0.5, 0.6) is 0 Å². The monoisotopic (exact) mass is 331 g/mol. The molecule has 1 rings (SSSR count). The van der Waals surface area contributed by atoms with Crippen molar-refractivity contribution >= 4 is 21.8 Å². The second-order valence-electron chi connectivity index (χ2n) is 5.74. The highest BCUT2D eigenvalue weighted by Gasteiger charge is 2.21. The van der Waals surface area contributed by atoms with E-state index in [4.69, 9.17) is 0 Å². The lowest BCUT2D eigenvalue weighted by Gasteiger charge is -2.25. The van der Waals surface area contributed by atoms with Crippen LogP contribution in [0.1, 0.15) is 37.6 Å². The number of hydrogen-bond donors (Lipinski definition) is 2. The van der Waals surface area contributed by atoms with E-state index >= 15 is 0 Å². The van der Waals surface area contributed by atoms with Crippen LogP contribution in [0.15, 0.2) is 22.7 Å². The van der Waals surface area contributed by atoms with Gasteiger partial charge in [0.15, 0.2) is 0 Å². The molecular weight excluding hydrogens is 313 g/mol. The minimum atomic E-state index is -0.468. The molecular formula is C14H19BrFNO2. The maximum absolute atomic E-state index is 13.1. The molecule has 0 spiro atoms. The zero-order chi connectivity index (χ0) is 14.6. The third kappa shape index (κ3) is 5.28. The lowest BCUT2D eigenvalue weighted by molar-refractivity contribution is 0.0896. The van der Waals surface area contributed by atoms with Crippen LogP contribution in [-0.4, -0.2) is 23.7 Å². The summed E-state index contributed by atoms with van der Waals surface area (Å²) in [5, 5.41) is 12.0. The fourth-order valence-electron chi connectivity index (χ4n) is 1.84. The molecule has 19 heavy (non-hydrogen) atoms. The molecule has 0 saturated carbocycles. The maximum Gasteiger partial charge on any atom is 0.252 e. The van der Waals surface area contributed by atoms with E-state index in [0.717, 1.165) is 0 Å². The average Bonchev–Trinajstić information content (AvgIpc) is 2.29. The highest BCUT2D eigenvalue weighted by atomic mass is 79.9. The van der Waals surface area contributed by atoms with Crippen molar-refractivity contribution in [3.8, 4) is 0 Å². The standard InChI is InChI=1S/C14H19BrFNO2/c1-14(2,3)7-10(8-18)17-13(19)11-6-9(16)4-5-12(11)15/h4-6,10,18H,7-8H2,1-3H3,(H,17,19). The number of rotatable bonds is 4. The van der Waals surface area contributed by atoms with Gasteiger partial charge in [0.2, 0.25) is 0 Å². The SMILES string of the molecule is CC(C)(C)CC(CO)NC(=O)c1cc(F)ccc1Br. The van der Waals surface area contributed by atoms with Crippen LogP contribution in [0.4, 0.5) is 4.39 Å². The summed E-state index contributed by atoms with van der Waals surface area (Å²) in [5.74, 6) is -0.862. The van der Waals surface area contributed by atoms with Crippen molar-refractivity contribution in [2.75, 3.05) is 6.61 Å². The Kier molecular flexibility index (Phi) is 5.50. The number of carbonyl (C=O) groups is 1. The minimum absolute atomic E-state index is 0.0140. The molecule has 2 N–H and O–H groups in total. The molecule has 0 bridgehead atoms. The molecule has 0 heterocycles. The lowest BCUT2D eigenvalue weighted by atomic mass is 9.88. The molecule has 0 aliphatic carbocycles. The first-order valence-corrected chi connectivity index (χ1v) is 6.89. The van der Waals surface area contributed by atoms with Crippen LogP contribution >= 0.6 is 15.9 Å². The van der Waals surface area contributed by atoms with Crippen molar-refractivity contribution in [1.82, 2.24) is 5.32 Å². The summed E-state index contributed by atoms with van der Waals surface area (Å²) in [6.07, 6.45) is 0.641. The zero-order valence-electron chi connectivity index (χ0n) is 11.3. The van der Waals surface area contributed by atoms with Gasteiger partial charge in [0.05, 0.1) is 18.2 Å². The Morgan fingerprint density at radius 1 is 1.47 bits per heavy atom. The van der Waals surface area contributed by atoms with Gasteiger partial charge in [-0.05, 0) is 46.0 Å². The molecule has 1 aromatic rings.